The molecule has 2 aromatic rings. The molecule has 0 saturated heterocycles. The van der Waals surface area contributed by atoms with Crippen LogP contribution in [0.3, 0.4) is 0 Å². The molecule has 1 amide bonds. The standard InChI is InChI=1S/C17H20N2O4S/c1-12(2)24(21,22)19-14-9-7-13(8-10-14)17(20)18-15-5-4-6-16(11-15)23-3/h4-12,19H,1-3H3,(H,18,20). The number of hydrogen-bond acceptors (Lipinski definition) is 4. The second kappa shape index (κ2) is 7.35. The van der Waals surface area contributed by atoms with Crippen molar-refractivity contribution < 1.29 is 17.9 Å². The number of amides is 1. The largest absolute Gasteiger partial charge is 0.497 e. The molecule has 2 aromatic carbocycles. The molecule has 0 saturated carbocycles. The van der Waals surface area contributed by atoms with Gasteiger partial charge in [0.25, 0.3) is 5.91 Å². The van der Waals surface area contributed by atoms with Gasteiger partial charge in [0.15, 0.2) is 0 Å². The van der Waals surface area contributed by atoms with Crippen molar-refractivity contribution in [1.29, 1.82) is 0 Å². The third-order valence-corrected chi connectivity index (χ3v) is 5.12. The number of methoxy groups -OCH3 is 1. The van der Waals surface area contributed by atoms with Gasteiger partial charge in [-0.3, -0.25) is 9.52 Å². The molecule has 0 aliphatic heterocycles. The highest BCUT2D eigenvalue weighted by molar-refractivity contribution is 7.93. The third kappa shape index (κ3) is 4.48. The first-order valence-corrected chi connectivity index (χ1v) is 8.93. The van der Waals surface area contributed by atoms with Gasteiger partial charge >= 0.3 is 0 Å². The van der Waals surface area contributed by atoms with Crippen molar-refractivity contribution in [2.75, 3.05) is 17.1 Å². The van der Waals surface area contributed by atoms with E-state index in [1.54, 1.807) is 69.5 Å². The van der Waals surface area contributed by atoms with Crippen LogP contribution in [0.15, 0.2) is 48.5 Å². The molecule has 0 aromatic heterocycles. The zero-order valence-corrected chi connectivity index (χ0v) is 14.6. The lowest BCUT2D eigenvalue weighted by molar-refractivity contribution is 0.102. The van der Waals surface area contributed by atoms with E-state index in [9.17, 15) is 13.2 Å². The Labute approximate surface area is 141 Å². The Bertz CT molecular complexity index is 815. The van der Waals surface area contributed by atoms with Gasteiger partial charge in [0.1, 0.15) is 5.75 Å². The van der Waals surface area contributed by atoms with Crippen LogP contribution in [0.25, 0.3) is 0 Å². The van der Waals surface area contributed by atoms with Crippen LogP contribution in [0.1, 0.15) is 24.2 Å². The number of ether oxygens (including phenoxy) is 1. The number of carbonyl (C=O) groups is 1. The Balaban J connectivity index is 2.08. The molecular formula is C17H20N2O4S. The molecule has 0 atom stereocenters. The Hall–Kier alpha value is -2.54. The van der Waals surface area contributed by atoms with Gasteiger partial charge in [0.2, 0.25) is 10.0 Å². The highest BCUT2D eigenvalue weighted by Gasteiger charge is 2.15. The zero-order valence-electron chi connectivity index (χ0n) is 13.7. The van der Waals surface area contributed by atoms with E-state index in [-0.39, 0.29) is 5.91 Å². The van der Waals surface area contributed by atoms with E-state index in [1.165, 1.54) is 0 Å². The van der Waals surface area contributed by atoms with Crippen LogP contribution in [-0.4, -0.2) is 26.7 Å². The van der Waals surface area contributed by atoms with Crippen LogP contribution in [0.2, 0.25) is 0 Å². The van der Waals surface area contributed by atoms with E-state index in [1.807, 2.05) is 0 Å². The number of sulfonamides is 1. The summed E-state index contributed by atoms with van der Waals surface area (Å²) in [4.78, 5) is 12.2. The molecule has 0 unspecified atom stereocenters. The molecule has 0 spiro atoms. The summed E-state index contributed by atoms with van der Waals surface area (Å²) in [6, 6.07) is 13.3. The van der Waals surface area contributed by atoms with Crippen molar-refractivity contribution in [3.8, 4) is 5.75 Å². The van der Waals surface area contributed by atoms with Crippen LogP contribution < -0.4 is 14.8 Å². The summed E-state index contributed by atoms with van der Waals surface area (Å²) >= 11 is 0. The van der Waals surface area contributed by atoms with Gasteiger partial charge in [-0.25, -0.2) is 8.42 Å². The second-order valence-electron chi connectivity index (χ2n) is 5.46. The summed E-state index contributed by atoms with van der Waals surface area (Å²) in [6.07, 6.45) is 0. The van der Waals surface area contributed by atoms with Gasteiger partial charge in [0.05, 0.1) is 12.4 Å². The summed E-state index contributed by atoms with van der Waals surface area (Å²) in [5.41, 5.74) is 1.45. The molecule has 0 bridgehead atoms. The Morgan fingerprint density at radius 3 is 2.29 bits per heavy atom. The number of nitrogens with one attached hydrogen (secondary N) is 2. The maximum Gasteiger partial charge on any atom is 0.255 e. The average Bonchev–Trinajstić information content (AvgIpc) is 2.55. The lowest BCUT2D eigenvalue weighted by atomic mass is 10.2. The predicted molar refractivity (Wildman–Crippen MR) is 95.1 cm³/mol. The zero-order chi connectivity index (χ0) is 17.7. The monoisotopic (exact) mass is 348 g/mol. The number of rotatable bonds is 6. The quantitative estimate of drug-likeness (QED) is 0.840. The number of anilines is 2. The lowest BCUT2D eigenvalue weighted by Crippen LogP contribution is -2.22. The number of carbonyl (C=O) groups excluding carboxylic acids is 1. The van der Waals surface area contributed by atoms with E-state index in [2.05, 4.69) is 10.0 Å². The van der Waals surface area contributed by atoms with Crippen LogP contribution in [0, 0.1) is 0 Å². The van der Waals surface area contributed by atoms with Gasteiger partial charge in [0, 0.05) is 23.0 Å². The highest BCUT2D eigenvalue weighted by atomic mass is 32.2. The molecule has 128 valence electrons. The SMILES string of the molecule is COc1cccc(NC(=O)c2ccc(NS(=O)(=O)C(C)C)cc2)c1. The topological polar surface area (TPSA) is 84.5 Å². The Morgan fingerprint density at radius 2 is 1.71 bits per heavy atom. The fraction of sp³-hybridized carbons (Fsp3) is 0.235. The van der Waals surface area contributed by atoms with Crippen LogP contribution in [0.4, 0.5) is 11.4 Å². The summed E-state index contributed by atoms with van der Waals surface area (Å²) in [6.45, 7) is 3.19. The van der Waals surface area contributed by atoms with Gasteiger partial charge in [-0.15, -0.1) is 0 Å². The first kappa shape index (κ1) is 17.8. The average molecular weight is 348 g/mol. The molecule has 7 heteroatoms. The minimum Gasteiger partial charge on any atom is -0.497 e. The van der Waals surface area contributed by atoms with Crippen LogP contribution >= 0.6 is 0 Å². The van der Waals surface area contributed by atoms with E-state index >= 15 is 0 Å². The lowest BCUT2D eigenvalue weighted by Gasteiger charge is -2.11. The molecule has 0 radical (unpaired) electrons. The molecular weight excluding hydrogens is 328 g/mol. The number of benzene rings is 2. The minimum absolute atomic E-state index is 0.290. The smallest absolute Gasteiger partial charge is 0.255 e. The maximum atomic E-state index is 12.2. The fourth-order valence-corrected chi connectivity index (χ4v) is 2.58. The molecule has 0 heterocycles. The summed E-state index contributed by atoms with van der Waals surface area (Å²) < 4.78 is 31.2. The molecule has 0 aliphatic carbocycles. The van der Waals surface area contributed by atoms with Crippen LogP contribution in [-0.2, 0) is 10.0 Å². The Morgan fingerprint density at radius 1 is 1.04 bits per heavy atom. The second-order valence-corrected chi connectivity index (χ2v) is 7.70. The first-order chi connectivity index (χ1) is 11.3. The summed E-state index contributed by atoms with van der Waals surface area (Å²) in [5.74, 6) is 0.354. The van der Waals surface area contributed by atoms with Crippen molar-refractivity contribution in [3.63, 3.8) is 0 Å². The fourth-order valence-electron chi connectivity index (χ4n) is 1.88. The van der Waals surface area contributed by atoms with Crippen molar-refractivity contribution in [2.24, 2.45) is 0 Å². The van der Waals surface area contributed by atoms with Gasteiger partial charge in [-0.1, -0.05) is 6.07 Å². The molecule has 0 fully saturated rings. The normalized spacial score (nSPS) is 11.2. The molecule has 2 rings (SSSR count). The van der Waals surface area contributed by atoms with E-state index in [0.29, 0.717) is 22.7 Å². The predicted octanol–water partition coefficient (Wildman–Crippen LogP) is 3.10. The van der Waals surface area contributed by atoms with E-state index < -0.39 is 15.3 Å². The van der Waals surface area contributed by atoms with Crippen molar-refractivity contribution in [3.05, 3.63) is 54.1 Å². The first-order valence-electron chi connectivity index (χ1n) is 7.39. The minimum atomic E-state index is -3.41. The van der Waals surface area contributed by atoms with Crippen LogP contribution in [0.5, 0.6) is 5.75 Å². The third-order valence-electron chi connectivity index (χ3n) is 3.36. The van der Waals surface area contributed by atoms with Crippen molar-refractivity contribution in [2.45, 2.75) is 19.1 Å². The van der Waals surface area contributed by atoms with Gasteiger partial charge in [-0.2, -0.15) is 0 Å². The Kier molecular flexibility index (Phi) is 5.46. The number of hydrogen-bond donors (Lipinski definition) is 2. The van der Waals surface area contributed by atoms with Gasteiger partial charge < -0.3 is 10.1 Å². The maximum absolute atomic E-state index is 12.2. The van der Waals surface area contributed by atoms with E-state index in [4.69, 9.17) is 4.74 Å². The molecule has 0 aliphatic rings. The molecule has 6 nitrogen and oxygen atoms in total. The highest BCUT2D eigenvalue weighted by Crippen LogP contribution is 2.18. The summed E-state index contributed by atoms with van der Waals surface area (Å²) in [5, 5.41) is 2.23. The van der Waals surface area contributed by atoms with E-state index in [0.717, 1.165) is 0 Å². The molecule has 2 N–H and O–H groups in total. The van der Waals surface area contributed by atoms with Crippen molar-refractivity contribution >= 4 is 27.3 Å². The summed E-state index contributed by atoms with van der Waals surface area (Å²) in [7, 11) is -1.85. The van der Waals surface area contributed by atoms with Gasteiger partial charge in [-0.05, 0) is 50.2 Å². The molecule has 24 heavy (non-hydrogen) atoms. The van der Waals surface area contributed by atoms with Crippen molar-refractivity contribution in [1.82, 2.24) is 0 Å².